The van der Waals surface area contributed by atoms with E-state index in [0.29, 0.717) is 12.0 Å². The summed E-state index contributed by atoms with van der Waals surface area (Å²) in [7, 11) is 0. The number of hydrogen-bond donors (Lipinski definition) is 1. The van der Waals surface area contributed by atoms with Gasteiger partial charge in [-0.3, -0.25) is 0 Å². The largest absolute Gasteiger partial charge is 0.310 e. The van der Waals surface area contributed by atoms with Crippen molar-refractivity contribution in [1.82, 2.24) is 10.3 Å². The first-order chi connectivity index (χ1) is 8.52. The van der Waals surface area contributed by atoms with Gasteiger partial charge in [-0.1, -0.05) is 34.6 Å². The van der Waals surface area contributed by atoms with E-state index in [9.17, 15) is 0 Å². The monoisotopic (exact) mass is 286 g/mol. The van der Waals surface area contributed by atoms with E-state index in [-0.39, 0.29) is 0 Å². The predicted octanol–water partition coefficient (Wildman–Crippen LogP) is 4.09. The highest BCUT2D eigenvalue weighted by molar-refractivity contribution is 7.98. The van der Waals surface area contributed by atoms with Crippen LogP contribution in [0.25, 0.3) is 0 Å². The fourth-order valence-corrected chi connectivity index (χ4v) is 3.44. The molecule has 0 spiro atoms. The van der Waals surface area contributed by atoms with E-state index in [1.54, 1.807) is 0 Å². The van der Waals surface area contributed by atoms with Crippen LogP contribution in [0.2, 0.25) is 0 Å². The van der Waals surface area contributed by atoms with Gasteiger partial charge in [-0.15, -0.1) is 11.3 Å². The van der Waals surface area contributed by atoms with Crippen LogP contribution < -0.4 is 5.32 Å². The van der Waals surface area contributed by atoms with E-state index in [1.807, 2.05) is 23.1 Å². The molecule has 0 aromatic carbocycles. The minimum Gasteiger partial charge on any atom is -0.310 e. The summed E-state index contributed by atoms with van der Waals surface area (Å²) in [5.74, 6) is 2.91. The first-order valence-corrected chi connectivity index (χ1v) is 8.78. The van der Waals surface area contributed by atoms with Crippen molar-refractivity contribution in [2.24, 2.45) is 5.92 Å². The SMILES string of the molecule is CCSCc1nc(CC(C)C)c(CNC(C)C)s1. The predicted molar refractivity (Wildman–Crippen MR) is 84.5 cm³/mol. The molecule has 18 heavy (non-hydrogen) atoms. The van der Waals surface area contributed by atoms with Crippen LogP contribution in [0.15, 0.2) is 0 Å². The number of thiazole rings is 1. The van der Waals surface area contributed by atoms with Crippen LogP contribution in [0.4, 0.5) is 0 Å². The Labute approximate surface area is 120 Å². The maximum Gasteiger partial charge on any atom is 0.103 e. The zero-order valence-electron chi connectivity index (χ0n) is 12.2. The van der Waals surface area contributed by atoms with Crippen molar-refractivity contribution in [2.75, 3.05) is 5.75 Å². The molecule has 0 bridgehead atoms. The molecule has 0 aliphatic rings. The van der Waals surface area contributed by atoms with E-state index >= 15 is 0 Å². The Bertz CT molecular complexity index is 346. The van der Waals surface area contributed by atoms with Gasteiger partial charge in [0.25, 0.3) is 0 Å². The lowest BCUT2D eigenvalue weighted by Crippen LogP contribution is -2.22. The van der Waals surface area contributed by atoms with Crippen molar-refractivity contribution >= 4 is 23.1 Å². The zero-order chi connectivity index (χ0) is 13.5. The van der Waals surface area contributed by atoms with Crippen LogP contribution in [0.1, 0.15) is 50.2 Å². The minimum absolute atomic E-state index is 0.535. The molecule has 4 heteroatoms. The van der Waals surface area contributed by atoms with Crippen molar-refractivity contribution in [3.63, 3.8) is 0 Å². The molecular weight excluding hydrogens is 260 g/mol. The maximum absolute atomic E-state index is 4.82. The van der Waals surface area contributed by atoms with Gasteiger partial charge in [0, 0.05) is 23.2 Å². The molecule has 0 amide bonds. The molecule has 1 heterocycles. The Morgan fingerprint density at radius 2 is 2.00 bits per heavy atom. The van der Waals surface area contributed by atoms with Crippen LogP contribution in [0.5, 0.6) is 0 Å². The van der Waals surface area contributed by atoms with Crippen LogP contribution in [-0.2, 0) is 18.7 Å². The lowest BCUT2D eigenvalue weighted by atomic mass is 10.1. The van der Waals surface area contributed by atoms with Crippen LogP contribution in [0.3, 0.4) is 0 Å². The van der Waals surface area contributed by atoms with Gasteiger partial charge >= 0.3 is 0 Å². The number of hydrogen-bond acceptors (Lipinski definition) is 4. The average Bonchev–Trinajstić information content (AvgIpc) is 2.65. The Morgan fingerprint density at radius 1 is 1.28 bits per heavy atom. The third kappa shape index (κ3) is 5.72. The van der Waals surface area contributed by atoms with Gasteiger partial charge in [0.15, 0.2) is 0 Å². The summed E-state index contributed by atoms with van der Waals surface area (Å²) in [6, 6.07) is 0.535. The molecule has 0 aliphatic heterocycles. The Hall–Kier alpha value is -0.0600. The summed E-state index contributed by atoms with van der Waals surface area (Å²) in [4.78, 5) is 6.26. The highest BCUT2D eigenvalue weighted by Crippen LogP contribution is 2.24. The van der Waals surface area contributed by atoms with E-state index in [1.165, 1.54) is 21.3 Å². The van der Waals surface area contributed by atoms with Gasteiger partial charge in [0.1, 0.15) is 5.01 Å². The lowest BCUT2D eigenvalue weighted by molar-refractivity contribution is 0.581. The van der Waals surface area contributed by atoms with Crippen molar-refractivity contribution in [3.05, 3.63) is 15.6 Å². The molecule has 2 nitrogen and oxygen atoms in total. The van der Waals surface area contributed by atoms with Gasteiger partial charge in [-0.05, 0) is 18.1 Å². The fourth-order valence-electron chi connectivity index (χ4n) is 1.67. The molecule has 1 N–H and O–H groups in total. The number of nitrogens with zero attached hydrogens (tertiary/aromatic N) is 1. The summed E-state index contributed by atoms with van der Waals surface area (Å²) in [6.45, 7) is 12.1. The quantitative estimate of drug-likeness (QED) is 0.779. The minimum atomic E-state index is 0.535. The molecule has 0 saturated heterocycles. The van der Waals surface area contributed by atoms with Gasteiger partial charge in [-0.2, -0.15) is 11.8 Å². The molecule has 0 aliphatic carbocycles. The third-order valence-electron chi connectivity index (χ3n) is 2.52. The first kappa shape index (κ1) is 16.0. The van der Waals surface area contributed by atoms with Crippen molar-refractivity contribution < 1.29 is 0 Å². The zero-order valence-corrected chi connectivity index (χ0v) is 13.9. The second-order valence-corrected chi connectivity index (χ2v) is 7.69. The van der Waals surface area contributed by atoms with Crippen LogP contribution >= 0.6 is 23.1 Å². The lowest BCUT2D eigenvalue weighted by Gasteiger charge is -2.08. The normalized spacial score (nSPS) is 11.7. The van der Waals surface area contributed by atoms with Crippen LogP contribution in [0, 0.1) is 5.92 Å². The van der Waals surface area contributed by atoms with E-state index in [4.69, 9.17) is 4.98 Å². The van der Waals surface area contributed by atoms with Gasteiger partial charge in [-0.25, -0.2) is 4.98 Å². The molecule has 0 radical (unpaired) electrons. The number of aromatic nitrogens is 1. The Kier molecular flexibility index (Phi) is 7.27. The highest BCUT2D eigenvalue weighted by Gasteiger charge is 2.12. The number of rotatable bonds is 8. The van der Waals surface area contributed by atoms with E-state index < -0.39 is 0 Å². The Morgan fingerprint density at radius 3 is 2.56 bits per heavy atom. The summed E-state index contributed by atoms with van der Waals surface area (Å²) in [5.41, 5.74) is 1.31. The number of nitrogens with one attached hydrogen (secondary N) is 1. The molecule has 0 unspecified atom stereocenters. The molecule has 1 aromatic heterocycles. The second kappa shape index (κ2) is 8.18. The van der Waals surface area contributed by atoms with E-state index in [2.05, 4.69) is 39.9 Å². The van der Waals surface area contributed by atoms with E-state index in [0.717, 1.165) is 18.7 Å². The molecular formula is C14H26N2S2. The summed E-state index contributed by atoms with van der Waals surface area (Å²) in [6.07, 6.45) is 1.10. The van der Waals surface area contributed by atoms with Crippen molar-refractivity contribution in [2.45, 2.75) is 59.4 Å². The van der Waals surface area contributed by atoms with Gasteiger partial charge < -0.3 is 5.32 Å². The standard InChI is InChI=1S/C14H26N2S2/c1-6-17-9-14-16-12(7-10(2)3)13(18-14)8-15-11(4)5/h10-11,15H,6-9H2,1-5H3. The number of thioether (sulfide) groups is 1. The van der Waals surface area contributed by atoms with Gasteiger partial charge in [0.2, 0.25) is 0 Å². The third-order valence-corrected chi connectivity index (χ3v) is 4.69. The van der Waals surface area contributed by atoms with Crippen LogP contribution in [-0.4, -0.2) is 16.8 Å². The highest BCUT2D eigenvalue weighted by atomic mass is 32.2. The van der Waals surface area contributed by atoms with Crippen molar-refractivity contribution in [1.29, 1.82) is 0 Å². The summed E-state index contributed by atoms with van der Waals surface area (Å²) < 4.78 is 0. The molecule has 0 fully saturated rings. The fraction of sp³-hybridized carbons (Fsp3) is 0.786. The summed E-state index contributed by atoms with van der Waals surface area (Å²) >= 11 is 3.84. The molecule has 0 atom stereocenters. The van der Waals surface area contributed by atoms with Crippen molar-refractivity contribution in [3.8, 4) is 0 Å². The smallest absolute Gasteiger partial charge is 0.103 e. The topological polar surface area (TPSA) is 24.9 Å². The second-order valence-electron chi connectivity index (χ2n) is 5.25. The Balaban J connectivity index is 2.72. The summed E-state index contributed by atoms with van der Waals surface area (Å²) in [5, 5.41) is 4.80. The molecule has 104 valence electrons. The maximum atomic E-state index is 4.82. The molecule has 1 aromatic rings. The average molecular weight is 287 g/mol. The first-order valence-electron chi connectivity index (χ1n) is 6.81. The molecule has 0 saturated carbocycles. The molecule has 1 rings (SSSR count). The van der Waals surface area contributed by atoms with Gasteiger partial charge in [0.05, 0.1) is 5.69 Å².